The van der Waals surface area contributed by atoms with Crippen molar-refractivity contribution >= 4 is 67.1 Å². The zero-order chi connectivity index (χ0) is 29.0. The Kier molecular flexibility index (Phi) is 8.61. The number of thiophene rings is 1. The third kappa shape index (κ3) is 6.35. The van der Waals surface area contributed by atoms with Crippen LogP contribution in [0.4, 0.5) is 20.6 Å². The highest BCUT2D eigenvalue weighted by Gasteiger charge is 2.21. The van der Waals surface area contributed by atoms with E-state index in [9.17, 15) is 27.2 Å². The van der Waals surface area contributed by atoms with E-state index in [4.69, 9.17) is 21.1 Å². The minimum atomic E-state index is -4.21. The van der Waals surface area contributed by atoms with Gasteiger partial charge in [-0.1, -0.05) is 11.6 Å². The number of nitrogens with one attached hydrogen (secondary N) is 3. The van der Waals surface area contributed by atoms with Crippen molar-refractivity contribution in [2.45, 2.75) is 11.1 Å². The number of nitrogens with zero attached hydrogens (tertiary/aromatic N) is 1. The van der Waals surface area contributed by atoms with Crippen LogP contribution in [0.3, 0.4) is 0 Å². The van der Waals surface area contributed by atoms with E-state index in [-0.39, 0.29) is 43.4 Å². The molecule has 0 aliphatic heterocycles. The minimum absolute atomic E-state index is 0.0106. The van der Waals surface area contributed by atoms with Crippen molar-refractivity contribution in [3.8, 4) is 11.4 Å². The summed E-state index contributed by atoms with van der Waals surface area (Å²) >= 11 is 6.56. The van der Waals surface area contributed by atoms with Gasteiger partial charge in [0.1, 0.15) is 15.8 Å². The highest BCUT2D eigenvalue weighted by Crippen LogP contribution is 2.29. The third-order valence-electron chi connectivity index (χ3n) is 5.44. The molecule has 4 aromatic rings. The Morgan fingerprint density at radius 2 is 1.88 bits per heavy atom. The van der Waals surface area contributed by atoms with Crippen molar-refractivity contribution in [2.75, 3.05) is 30.9 Å². The van der Waals surface area contributed by atoms with Crippen LogP contribution < -0.4 is 25.7 Å². The first kappa shape index (κ1) is 28.9. The predicted molar refractivity (Wildman–Crippen MR) is 150 cm³/mol. The number of esters is 1. The molecule has 0 saturated heterocycles. The summed E-state index contributed by atoms with van der Waals surface area (Å²) in [6.45, 7) is 1.19. The van der Waals surface area contributed by atoms with Crippen molar-refractivity contribution in [3.05, 3.63) is 75.2 Å². The molecule has 0 aliphatic rings. The number of pyridine rings is 1. The van der Waals surface area contributed by atoms with Gasteiger partial charge in [0.05, 0.1) is 33.4 Å². The lowest BCUT2D eigenvalue weighted by atomic mass is 10.1. The van der Waals surface area contributed by atoms with Gasteiger partial charge in [0, 0.05) is 19.3 Å². The topological polar surface area (TPSA) is 145 Å². The van der Waals surface area contributed by atoms with Crippen molar-refractivity contribution in [1.82, 2.24) is 9.29 Å². The number of amides is 2. The van der Waals surface area contributed by atoms with Crippen molar-refractivity contribution < 1.29 is 31.9 Å². The lowest BCUT2D eigenvalue weighted by Gasteiger charge is -2.15. The van der Waals surface area contributed by atoms with Crippen LogP contribution in [0.15, 0.2) is 63.7 Å². The second kappa shape index (κ2) is 11.9. The van der Waals surface area contributed by atoms with E-state index in [1.54, 1.807) is 20.0 Å². The molecule has 15 heteroatoms. The number of carbonyl (C=O) groups is 2. The van der Waals surface area contributed by atoms with Crippen LogP contribution in [-0.2, 0) is 19.6 Å². The molecule has 0 radical (unpaired) electrons. The Labute approximate surface area is 236 Å². The highest BCUT2D eigenvalue weighted by molar-refractivity contribution is 7.92. The molecule has 210 valence electrons. The van der Waals surface area contributed by atoms with Crippen LogP contribution in [0, 0.1) is 5.82 Å². The summed E-state index contributed by atoms with van der Waals surface area (Å²) in [5, 5.41) is 5.71. The molecule has 0 unspecified atom stereocenters. The molecule has 0 aliphatic carbocycles. The normalized spacial score (nSPS) is 11.2. The summed E-state index contributed by atoms with van der Waals surface area (Å²) in [7, 11) is -2.65. The van der Waals surface area contributed by atoms with E-state index in [0.717, 1.165) is 17.4 Å². The zero-order valence-corrected chi connectivity index (χ0v) is 23.4. The molecule has 0 spiro atoms. The molecule has 2 aromatic carbocycles. The molecule has 3 N–H and O–H groups in total. The van der Waals surface area contributed by atoms with E-state index in [1.165, 1.54) is 47.2 Å². The molecule has 0 fully saturated rings. The molecule has 0 bridgehead atoms. The van der Waals surface area contributed by atoms with Gasteiger partial charge in [0.25, 0.3) is 15.6 Å². The first-order valence-corrected chi connectivity index (χ1v) is 14.2. The maximum atomic E-state index is 14.4. The van der Waals surface area contributed by atoms with Crippen LogP contribution in [-0.4, -0.2) is 45.2 Å². The number of anilines is 2. The van der Waals surface area contributed by atoms with Gasteiger partial charge in [-0.25, -0.2) is 27.1 Å². The summed E-state index contributed by atoms with van der Waals surface area (Å²) in [5.74, 6) is -1.37. The SMILES string of the molecule is CCOC(=O)COc1cc(-n2ccc3cc(NC)c(F)cc3c2=O)ccc1NC(=O)NS(=O)(=O)c1ccc(Cl)s1. The Hall–Kier alpha value is -4.14. The van der Waals surface area contributed by atoms with Crippen molar-refractivity contribution in [2.24, 2.45) is 0 Å². The predicted octanol–water partition coefficient (Wildman–Crippen LogP) is 4.34. The number of aromatic nitrogens is 1. The largest absolute Gasteiger partial charge is 0.480 e. The molecule has 11 nitrogen and oxygen atoms in total. The van der Waals surface area contributed by atoms with Crippen LogP contribution in [0.5, 0.6) is 5.75 Å². The third-order valence-corrected chi connectivity index (χ3v) is 8.50. The fraction of sp³-hybridized carbons (Fsp3) is 0.160. The quantitative estimate of drug-likeness (QED) is 0.238. The van der Waals surface area contributed by atoms with E-state index < -0.39 is 40.0 Å². The average molecular weight is 609 g/mol. The average Bonchev–Trinajstić information content (AvgIpc) is 3.35. The molecule has 4 rings (SSSR count). The van der Waals surface area contributed by atoms with Gasteiger partial charge in [-0.15, -0.1) is 11.3 Å². The number of ether oxygens (including phenoxy) is 2. The van der Waals surface area contributed by atoms with E-state index in [1.807, 2.05) is 4.72 Å². The molecular formula is C25H22ClFN4O7S2. The van der Waals surface area contributed by atoms with Gasteiger partial charge in [0.2, 0.25) is 0 Å². The fourth-order valence-electron chi connectivity index (χ4n) is 3.65. The van der Waals surface area contributed by atoms with Crippen molar-refractivity contribution in [3.63, 3.8) is 0 Å². The zero-order valence-electron chi connectivity index (χ0n) is 21.0. The Bertz CT molecular complexity index is 1770. The highest BCUT2D eigenvalue weighted by atomic mass is 35.5. The molecule has 2 amide bonds. The van der Waals surface area contributed by atoms with Gasteiger partial charge in [0.15, 0.2) is 6.61 Å². The minimum Gasteiger partial charge on any atom is -0.480 e. The van der Waals surface area contributed by atoms with E-state index >= 15 is 0 Å². The standard InChI is InChI=1S/C25H22ClFN4O7S2/c1-3-37-22(32)13-38-20-11-15(31-9-8-14-10-19(28-2)17(27)12-16(14)24(31)33)4-5-18(20)29-25(34)30-40(35,36)23-7-6-21(26)39-23/h4-12,28H,3,13H2,1-2H3,(H2,29,30,34). The number of urea groups is 1. The van der Waals surface area contributed by atoms with E-state index in [0.29, 0.717) is 5.39 Å². The molecule has 2 aromatic heterocycles. The first-order chi connectivity index (χ1) is 19.0. The van der Waals surface area contributed by atoms with Gasteiger partial charge >= 0.3 is 12.0 Å². The van der Waals surface area contributed by atoms with Crippen LogP contribution in [0.25, 0.3) is 16.5 Å². The lowest BCUT2D eigenvalue weighted by Crippen LogP contribution is -2.34. The summed E-state index contributed by atoms with van der Waals surface area (Å²) < 4.78 is 52.9. The molecular weight excluding hydrogens is 587 g/mol. The summed E-state index contributed by atoms with van der Waals surface area (Å²) in [6, 6.07) is 9.92. The second-order valence-corrected chi connectivity index (χ2v) is 11.7. The van der Waals surface area contributed by atoms with Crippen LogP contribution in [0.2, 0.25) is 4.34 Å². The summed E-state index contributed by atoms with van der Waals surface area (Å²) in [4.78, 5) is 37.7. The maximum absolute atomic E-state index is 14.4. The monoisotopic (exact) mass is 608 g/mol. The number of carbonyl (C=O) groups excluding carboxylic acids is 2. The van der Waals surface area contributed by atoms with Gasteiger partial charge in [-0.2, -0.15) is 0 Å². The number of benzene rings is 2. The Morgan fingerprint density at radius 3 is 2.55 bits per heavy atom. The Morgan fingerprint density at radius 1 is 1.10 bits per heavy atom. The number of halogens is 2. The summed E-state index contributed by atoms with van der Waals surface area (Å²) in [5.41, 5.74) is -0.0501. The van der Waals surface area contributed by atoms with E-state index in [2.05, 4.69) is 10.6 Å². The maximum Gasteiger partial charge on any atom is 0.344 e. The van der Waals surface area contributed by atoms with Crippen LogP contribution in [0.1, 0.15) is 6.92 Å². The lowest BCUT2D eigenvalue weighted by molar-refractivity contribution is -0.145. The number of hydrogen-bond acceptors (Lipinski definition) is 9. The molecule has 2 heterocycles. The number of hydrogen-bond donors (Lipinski definition) is 3. The van der Waals surface area contributed by atoms with Crippen LogP contribution >= 0.6 is 22.9 Å². The molecule has 0 saturated carbocycles. The van der Waals surface area contributed by atoms with Gasteiger partial charge in [-0.05, 0) is 54.8 Å². The van der Waals surface area contributed by atoms with Gasteiger partial charge < -0.3 is 20.1 Å². The number of sulfonamides is 1. The first-order valence-electron chi connectivity index (χ1n) is 11.6. The molecule has 40 heavy (non-hydrogen) atoms. The second-order valence-electron chi connectivity index (χ2n) is 8.05. The Balaban J connectivity index is 1.67. The molecule has 0 atom stereocenters. The number of rotatable bonds is 9. The number of fused-ring (bicyclic) bond motifs is 1. The van der Waals surface area contributed by atoms with Crippen molar-refractivity contribution in [1.29, 1.82) is 0 Å². The fourth-order valence-corrected chi connectivity index (χ4v) is 6.04. The van der Waals surface area contributed by atoms with Gasteiger partial charge in [-0.3, -0.25) is 9.36 Å². The smallest absolute Gasteiger partial charge is 0.344 e. The summed E-state index contributed by atoms with van der Waals surface area (Å²) in [6.07, 6.45) is 1.48.